The fraction of sp³-hybridized carbons (Fsp3) is 0.286. The normalized spacial score (nSPS) is 16.6. The van der Waals surface area contributed by atoms with Crippen molar-refractivity contribution in [3.05, 3.63) is 59.7 Å². The van der Waals surface area contributed by atoms with Gasteiger partial charge >= 0.3 is 18.4 Å². The first-order valence-corrected chi connectivity index (χ1v) is 9.96. The van der Waals surface area contributed by atoms with Crippen LogP contribution in [-0.4, -0.2) is 39.3 Å². The average Bonchev–Trinajstić information content (AvgIpc) is 3.19. The lowest BCUT2D eigenvalue weighted by Crippen LogP contribution is -2.24. The van der Waals surface area contributed by atoms with E-state index in [0.29, 0.717) is 13.0 Å². The summed E-state index contributed by atoms with van der Waals surface area (Å²) in [5.74, 6) is -0.339. The minimum atomic E-state index is -4.59. The second-order valence-electron chi connectivity index (χ2n) is 7.46. The van der Waals surface area contributed by atoms with E-state index in [1.807, 2.05) is 0 Å². The van der Waals surface area contributed by atoms with Crippen molar-refractivity contribution in [3.8, 4) is 11.8 Å². The Bertz CT molecular complexity index is 1090. The maximum atomic E-state index is 13.0. The molecule has 0 bridgehead atoms. The van der Waals surface area contributed by atoms with Crippen LogP contribution in [0.15, 0.2) is 48.5 Å². The number of hydrogen-bond donors (Lipinski definition) is 2. The number of benzene rings is 2. The number of aromatic nitrogens is 3. The van der Waals surface area contributed by atoms with Crippen LogP contribution in [-0.2, 0) is 12.4 Å². The number of nitrogens with one attached hydrogen (secondary N) is 1. The average molecular weight is 485 g/mol. The molecule has 34 heavy (non-hydrogen) atoms. The fourth-order valence-corrected chi connectivity index (χ4v) is 3.26. The van der Waals surface area contributed by atoms with E-state index in [2.05, 4.69) is 20.3 Å². The summed E-state index contributed by atoms with van der Waals surface area (Å²) in [7, 11) is 0. The van der Waals surface area contributed by atoms with Gasteiger partial charge in [-0.25, -0.2) is 0 Å². The summed E-state index contributed by atoms with van der Waals surface area (Å²) in [4.78, 5) is 13.9. The van der Waals surface area contributed by atoms with Gasteiger partial charge < -0.3 is 20.1 Å². The third kappa shape index (κ3) is 5.65. The van der Waals surface area contributed by atoms with Crippen molar-refractivity contribution in [2.75, 3.05) is 23.3 Å². The SMILES string of the molecule is O[C@@H]1CCN(c2nc(Nc3cccc(C(F)(F)F)c3)nc(Oc3cccc(C(F)(F)F)c3)n2)C1. The second kappa shape index (κ2) is 8.97. The van der Waals surface area contributed by atoms with E-state index in [4.69, 9.17) is 4.74 Å². The Labute approximate surface area is 189 Å². The molecular weight excluding hydrogens is 468 g/mol. The van der Waals surface area contributed by atoms with E-state index >= 15 is 0 Å². The maximum Gasteiger partial charge on any atom is 0.416 e. The molecule has 0 radical (unpaired) electrons. The van der Waals surface area contributed by atoms with E-state index in [-0.39, 0.29) is 35.9 Å². The van der Waals surface area contributed by atoms with E-state index in [0.717, 1.165) is 30.3 Å². The summed E-state index contributed by atoms with van der Waals surface area (Å²) in [6.07, 6.45) is -9.35. The van der Waals surface area contributed by atoms with Crippen LogP contribution in [0.1, 0.15) is 17.5 Å². The maximum absolute atomic E-state index is 13.0. The molecule has 2 heterocycles. The largest absolute Gasteiger partial charge is 0.424 e. The number of halogens is 6. The number of anilines is 3. The lowest BCUT2D eigenvalue weighted by molar-refractivity contribution is -0.138. The minimum absolute atomic E-state index is 0.0263. The van der Waals surface area contributed by atoms with Crippen molar-refractivity contribution in [2.45, 2.75) is 24.9 Å². The zero-order chi connectivity index (χ0) is 24.5. The lowest BCUT2D eigenvalue weighted by atomic mass is 10.2. The van der Waals surface area contributed by atoms with Crippen LogP contribution in [0, 0.1) is 0 Å². The molecule has 1 atom stereocenters. The first-order valence-electron chi connectivity index (χ1n) is 9.96. The van der Waals surface area contributed by atoms with Crippen LogP contribution in [0.4, 0.5) is 43.9 Å². The Morgan fingerprint density at radius 2 is 1.59 bits per heavy atom. The van der Waals surface area contributed by atoms with E-state index in [1.54, 1.807) is 4.90 Å². The Balaban J connectivity index is 1.66. The smallest absolute Gasteiger partial charge is 0.416 e. The minimum Gasteiger partial charge on any atom is -0.424 e. The summed E-state index contributed by atoms with van der Waals surface area (Å²) < 4.78 is 83.6. The van der Waals surface area contributed by atoms with Crippen molar-refractivity contribution in [3.63, 3.8) is 0 Å². The van der Waals surface area contributed by atoms with Crippen molar-refractivity contribution >= 4 is 17.6 Å². The number of hydrogen-bond acceptors (Lipinski definition) is 7. The number of alkyl halides is 6. The third-order valence-corrected chi connectivity index (χ3v) is 4.87. The third-order valence-electron chi connectivity index (χ3n) is 4.87. The molecule has 1 aliphatic rings. The molecule has 1 aliphatic heterocycles. The molecule has 2 aromatic carbocycles. The van der Waals surface area contributed by atoms with Gasteiger partial charge in [-0.3, -0.25) is 0 Å². The Hall–Kier alpha value is -3.61. The number of β-amino-alcohol motifs (C(OH)–C–C–N with tert-alkyl or cyclic N) is 1. The van der Waals surface area contributed by atoms with Gasteiger partial charge in [0.2, 0.25) is 11.9 Å². The van der Waals surface area contributed by atoms with Gasteiger partial charge in [-0.2, -0.15) is 41.3 Å². The Morgan fingerprint density at radius 1 is 0.912 bits per heavy atom. The molecule has 1 saturated heterocycles. The van der Waals surface area contributed by atoms with Gasteiger partial charge in [-0.05, 0) is 42.8 Å². The zero-order valence-corrected chi connectivity index (χ0v) is 17.2. The highest BCUT2D eigenvalue weighted by Gasteiger charge is 2.32. The molecule has 3 aromatic rings. The Kier molecular flexibility index (Phi) is 6.21. The molecule has 2 N–H and O–H groups in total. The first-order chi connectivity index (χ1) is 16.0. The number of aliphatic hydroxyl groups excluding tert-OH is 1. The van der Waals surface area contributed by atoms with Crippen LogP contribution < -0.4 is 15.0 Å². The van der Waals surface area contributed by atoms with Gasteiger partial charge in [0.05, 0.1) is 17.2 Å². The summed E-state index contributed by atoms with van der Waals surface area (Å²) in [5.41, 5.74) is -1.81. The van der Waals surface area contributed by atoms with Gasteiger partial charge in [0.15, 0.2) is 0 Å². The van der Waals surface area contributed by atoms with Crippen LogP contribution in [0.3, 0.4) is 0 Å². The number of nitrogens with zero attached hydrogens (tertiary/aromatic N) is 4. The van der Waals surface area contributed by atoms with E-state index in [1.165, 1.54) is 18.2 Å². The summed E-state index contributed by atoms with van der Waals surface area (Å²) in [5, 5.41) is 12.5. The van der Waals surface area contributed by atoms with Gasteiger partial charge in [0.1, 0.15) is 5.75 Å². The van der Waals surface area contributed by atoms with Gasteiger partial charge in [-0.15, -0.1) is 0 Å². The molecule has 7 nitrogen and oxygen atoms in total. The zero-order valence-electron chi connectivity index (χ0n) is 17.2. The fourth-order valence-electron chi connectivity index (χ4n) is 3.26. The molecule has 4 rings (SSSR count). The van der Waals surface area contributed by atoms with E-state index < -0.39 is 29.6 Å². The van der Waals surface area contributed by atoms with Crippen molar-refractivity contribution < 1.29 is 36.2 Å². The predicted molar refractivity (Wildman–Crippen MR) is 109 cm³/mol. The van der Waals surface area contributed by atoms with Crippen LogP contribution >= 0.6 is 0 Å². The molecule has 0 unspecified atom stereocenters. The highest BCUT2D eigenvalue weighted by Crippen LogP contribution is 2.34. The summed E-state index contributed by atoms with van der Waals surface area (Å²) in [6.45, 7) is 0.577. The molecule has 0 amide bonds. The van der Waals surface area contributed by atoms with Crippen LogP contribution in [0.5, 0.6) is 11.8 Å². The molecular formula is C21H17F6N5O2. The second-order valence-corrected chi connectivity index (χ2v) is 7.46. The highest BCUT2D eigenvalue weighted by atomic mass is 19.4. The van der Waals surface area contributed by atoms with Crippen molar-refractivity contribution in [2.24, 2.45) is 0 Å². The topological polar surface area (TPSA) is 83.4 Å². The summed E-state index contributed by atoms with van der Waals surface area (Å²) >= 11 is 0. The summed E-state index contributed by atoms with van der Waals surface area (Å²) in [6, 6.07) is 8.02. The quantitative estimate of drug-likeness (QED) is 0.492. The molecule has 0 saturated carbocycles. The van der Waals surface area contributed by atoms with E-state index in [9.17, 15) is 31.4 Å². The molecule has 1 aromatic heterocycles. The van der Waals surface area contributed by atoms with Gasteiger partial charge in [-0.1, -0.05) is 12.1 Å². The number of aliphatic hydroxyl groups is 1. The monoisotopic (exact) mass is 485 g/mol. The van der Waals surface area contributed by atoms with Gasteiger partial charge in [0, 0.05) is 18.8 Å². The highest BCUT2D eigenvalue weighted by molar-refractivity contribution is 5.56. The molecule has 0 aliphatic carbocycles. The lowest BCUT2D eigenvalue weighted by Gasteiger charge is -2.17. The molecule has 1 fully saturated rings. The standard InChI is InChI=1S/C21H17F6N5O2/c22-20(23,24)12-3-1-5-14(9-12)28-17-29-18(32-8-7-15(33)11-32)31-19(30-17)34-16-6-2-4-13(10-16)21(25,26)27/h1-6,9-10,15,33H,7-8,11H2,(H,28,29,30,31)/t15-/m1/s1. The molecule has 0 spiro atoms. The van der Waals surface area contributed by atoms with Crippen molar-refractivity contribution in [1.82, 2.24) is 15.0 Å². The van der Waals surface area contributed by atoms with Gasteiger partial charge in [0.25, 0.3) is 0 Å². The Morgan fingerprint density at radius 3 is 2.24 bits per heavy atom. The first kappa shape index (κ1) is 23.5. The van der Waals surface area contributed by atoms with Crippen molar-refractivity contribution in [1.29, 1.82) is 0 Å². The van der Waals surface area contributed by atoms with Crippen LogP contribution in [0.25, 0.3) is 0 Å². The van der Waals surface area contributed by atoms with Crippen LogP contribution in [0.2, 0.25) is 0 Å². The predicted octanol–water partition coefficient (Wildman–Crippen LogP) is 5.02. The number of ether oxygens (including phenoxy) is 1. The number of rotatable bonds is 5. The molecule has 13 heteroatoms. The molecule has 180 valence electrons.